The fourth-order valence-electron chi connectivity index (χ4n) is 8.38. The van der Waals surface area contributed by atoms with Crippen LogP contribution in [0.4, 0.5) is 11.6 Å². The van der Waals surface area contributed by atoms with Gasteiger partial charge in [-0.3, -0.25) is 27.8 Å². The molecule has 9 atom stereocenters. The predicted octanol–water partition coefficient (Wildman–Crippen LogP) is 1.48. The molecule has 2 amide bonds. The summed E-state index contributed by atoms with van der Waals surface area (Å²) in [6.07, 6.45) is 0.865. The van der Waals surface area contributed by atoms with Gasteiger partial charge in [0.2, 0.25) is 11.8 Å². The van der Waals surface area contributed by atoms with Gasteiger partial charge in [-0.1, -0.05) is 23.7 Å². The number of phosphoric ester groups is 1. The number of aromatic nitrogens is 6. The number of hydrogen-bond acceptors (Lipinski definition) is 22. The number of aliphatic hydroxyl groups is 2. The number of azide groups is 1. The van der Waals surface area contributed by atoms with Gasteiger partial charge in [0.15, 0.2) is 23.2 Å². The molecule has 424 valence electrons. The molecule has 2 unspecified atom stereocenters. The molecule has 2 fully saturated rings. The zero-order valence-corrected chi connectivity index (χ0v) is 44.3. The van der Waals surface area contributed by atoms with Gasteiger partial charge in [-0.2, -0.15) is 4.98 Å². The highest BCUT2D eigenvalue weighted by atomic mass is 31.2. The van der Waals surface area contributed by atoms with Crippen LogP contribution in [-0.4, -0.2) is 186 Å². The molecule has 77 heavy (non-hydrogen) atoms. The van der Waals surface area contributed by atoms with Gasteiger partial charge in [0.1, 0.15) is 48.5 Å². The van der Waals surface area contributed by atoms with Crippen molar-refractivity contribution in [2.45, 2.75) is 100 Å². The predicted molar refractivity (Wildman–Crippen MR) is 277 cm³/mol. The number of anilines is 2. The third-order valence-electron chi connectivity index (χ3n) is 12.4. The zero-order chi connectivity index (χ0) is 55.2. The normalized spacial score (nSPS) is 21.3. The number of fused-ring (bicyclic) bond motifs is 1. The van der Waals surface area contributed by atoms with Crippen molar-refractivity contribution in [3.8, 4) is 5.75 Å². The summed E-state index contributed by atoms with van der Waals surface area (Å²) < 4.78 is 61.2. The van der Waals surface area contributed by atoms with Crippen LogP contribution in [0, 0.1) is 0 Å². The van der Waals surface area contributed by atoms with E-state index in [9.17, 15) is 34.1 Å². The number of nitrogens with one attached hydrogen (secondary N) is 3. The van der Waals surface area contributed by atoms with Crippen molar-refractivity contribution in [1.82, 2.24) is 39.7 Å². The van der Waals surface area contributed by atoms with E-state index in [2.05, 4.69) is 45.9 Å². The van der Waals surface area contributed by atoms with E-state index in [1.54, 1.807) is 49.3 Å². The summed E-state index contributed by atoms with van der Waals surface area (Å²) >= 11 is 0. The summed E-state index contributed by atoms with van der Waals surface area (Å²) in [5.41, 5.74) is 15.4. The van der Waals surface area contributed by atoms with Crippen LogP contribution in [0.2, 0.25) is 0 Å². The van der Waals surface area contributed by atoms with Crippen molar-refractivity contribution in [1.29, 1.82) is 0 Å². The molecule has 0 radical (unpaired) electrons. The Kier molecular flexibility index (Phi) is 24.2. The maximum atomic E-state index is 13.6. The van der Waals surface area contributed by atoms with E-state index in [-0.39, 0.29) is 18.7 Å². The highest BCUT2D eigenvalue weighted by molar-refractivity contribution is 7.47. The van der Waals surface area contributed by atoms with Gasteiger partial charge in [0.25, 0.3) is 0 Å². The van der Waals surface area contributed by atoms with Crippen molar-refractivity contribution in [3.63, 3.8) is 0 Å². The van der Waals surface area contributed by atoms with Crippen LogP contribution in [-0.2, 0) is 53.3 Å². The van der Waals surface area contributed by atoms with Crippen LogP contribution in [0.5, 0.6) is 5.75 Å². The monoisotopic (exact) mass is 1100 g/mol. The van der Waals surface area contributed by atoms with E-state index in [0.717, 1.165) is 24.8 Å². The van der Waals surface area contributed by atoms with Gasteiger partial charge in [0, 0.05) is 70.9 Å². The van der Waals surface area contributed by atoms with Gasteiger partial charge in [0.05, 0.1) is 65.2 Å². The molecule has 0 bridgehead atoms. The van der Waals surface area contributed by atoms with Crippen LogP contribution in [0.1, 0.15) is 63.0 Å². The lowest BCUT2D eigenvalue weighted by Gasteiger charge is -2.25. The summed E-state index contributed by atoms with van der Waals surface area (Å²) in [6.45, 7) is 2.62. The molecule has 6 rings (SSSR count). The quantitative estimate of drug-likeness (QED) is 0.0113. The zero-order valence-electron chi connectivity index (χ0n) is 43.4. The number of unbranched alkanes of at least 4 members (excludes halogenated alkanes) is 2. The number of phosphoric acid groups is 1. The number of methoxy groups -OCH3 is 1. The fraction of sp³-hybridized carbons (Fsp3) is 0.638. The van der Waals surface area contributed by atoms with Crippen LogP contribution >= 0.6 is 7.82 Å². The Labute approximate surface area is 444 Å². The second kappa shape index (κ2) is 30.9. The molecule has 2 aliphatic heterocycles. The van der Waals surface area contributed by atoms with Crippen LogP contribution in [0.3, 0.4) is 0 Å². The van der Waals surface area contributed by atoms with Crippen LogP contribution in [0.15, 0.2) is 59.1 Å². The number of rotatable bonds is 35. The Morgan fingerprint density at radius 3 is 2.39 bits per heavy atom. The first-order chi connectivity index (χ1) is 37.2. The van der Waals surface area contributed by atoms with Crippen molar-refractivity contribution in [3.05, 3.63) is 75.7 Å². The third kappa shape index (κ3) is 18.3. The van der Waals surface area contributed by atoms with E-state index in [1.165, 1.54) is 35.1 Å². The molecule has 2 aliphatic rings. The molecule has 30 heteroatoms. The lowest BCUT2D eigenvalue weighted by molar-refractivity contribution is -0.124. The molecule has 8 N–H and O–H groups in total. The molecule has 0 aliphatic carbocycles. The van der Waals surface area contributed by atoms with E-state index in [0.29, 0.717) is 107 Å². The number of ether oxygens (including phenoxy) is 6. The van der Waals surface area contributed by atoms with Crippen molar-refractivity contribution in [2.75, 3.05) is 104 Å². The number of nitrogens with two attached hydrogens (primary N) is 1. The van der Waals surface area contributed by atoms with Crippen LogP contribution in [0.25, 0.3) is 21.6 Å². The number of carbonyl (C=O) groups excluding carboxylic acids is 2. The first-order valence-electron chi connectivity index (χ1n) is 25.3. The number of nitrogens with zero attached hydrogens (tertiary/aromatic N) is 10. The Balaban J connectivity index is 0.919. The maximum Gasteiger partial charge on any atom is 0.472 e. The standard InChI is InChI=1S/C47H71N14O15P/c1-59(2)43-41-44(53-29-52-43)61(30-54-41)46-42(64)40(57-45(65)33(48)25-31-10-12-32(69-3)13-11-31)36(75-46)28-73-77(67,68)76-34-26-39(74-35(34)27-62)60-18-14-37(56-47(60)66)50-15-7-19-70-21-23-72-24-22-71-20-8-16-51-38(63)9-5-4-6-17-55-58-49/h10-14,18,29-30,33-36,39-40,42,46,62,64H,4-9,15-17,19-28,48H2,1-3H3,(H,51,63)(H,57,65)(H,67,68)(H,50,56,66)/t33?,34-,35+,36+,39+,40+,42+,46+/m0/s1. The lowest BCUT2D eigenvalue weighted by Crippen LogP contribution is -2.53. The number of carbonyl (C=O) groups is 2. The second-order valence-corrected chi connectivity index (χ2v) is 19.6. The molecule has 0 spiro atoms. The van der Waals surface area contributed by atoms with Gasteiger partial charge in [-0.25, -0.2) is 24.3 Å². The highest BCUT2D eigenvalue weighted by Gasteiger charge is 2.48. The van der Waals surface area contributed by atoms with Gasteiger partial charge < -0.3 is 70.1 Å². The Hall–Kier alpha value is -5.91. The summed E-state index contributed by atoms with van der Waals surface area (Å²) in [5.74, 6) is 0.766. The number of imidazole rings is 1. The van der Waals surface area contributed by atoms with Crippen molar-refractivity contribution >= 4 is 42.4 Å². The average Bonchev–Trinajstić information content (AvgIpc) is 4.23. The third-order valence-corrected chi connectivity index (χ3v) is 13.4. The Bertz CT molecular complexity index is 2630. The van der Waals surface area contributed by atoms with Gasteiger partial charge in [-0.05, 0) is 61.4 Å². The first-order valence-corrected chi connectivity index (χ1v) is 26.8. The maximum absolute atomic E-state index is 13.6. The molecule has 1 aromatic carbocycles. The Morgan fingerprint density at radius 2 is 1.70 bits per heavy atom. The molecular formula is C47H71N14O15P. The van der Waals surface area contributed by atoms with E-state index >= 15 is 0 Å². The van der Waals surface area contributed by atoms with E-state index < -0.39 is 81.6 Å². The smallest absolute Gasteiger partial charge is 0.472 e. The highest BCUT2D eigenvalue weighted by Crippen LogP contribution is 2.49. The minimum absolute atomic E-state index is 0.00461. The molecular weight excluding hydrogens is 1030 g/mol. The summed E-state index contributed by atoms with van der Waals surface area (Å²) in [5, 5.41) is 34.1. The van der Waals surface area contributed by atoms with Crippen molar-refractivity contribution < 1.29 is 66.7 Å². The lowest BCUT2D eigenvalue weighted by atomic mass is 10.0. The molecule has 0 saturated carbocycles. The first kappa shape index (κ1) is 60.3. The number of benzene rings is 1. The molecule has 3 aromatic heterocycles. The summed E-state index contributed by atoms with van der Waals surface area (Å²) in [6, 6.07) is 6.24. The average molecular weight is 1100 g/mol. The molecule has 2 saturated heterocycles. The van der Waals surface area contributed by atoms with E-state index in [1.807, 2.05) is 0 Å². The Morgan fingerprint density at radius 1 is 0.974 bits per heavy atom. The second-order valence-electron chi connectivity index (χ2n) is 18.2. The number of hydrogen-bond donors (Lipinski definition) is 7. The fourth-order valence-corrected chi connectivity index (χ4v) is 9.34. The molecule has 29 nitrogen and oxygen atoms in total. The van der Waals surface area contributed by atoms with E-state index in [4.69, 9.17) is 48.7 Å². The SMILES string of the molecule is COc1ccc(CC(N)C(=O)N[C@H]2[C@@H](O)[C@H](n3cnc4c(N(C)C)ncnc43)O[C@@H]2COP(=O)(O)O[C@H]2C[C@H](n3ccc(NCCCOCCOCCOCCCNC(=O)CCCCCN=[N+]=[N-])nc3=O)O[C@@H]2CO)cc1. The summed E-state index contributed by atoms with van der Waals surface area (Å²) in [4.78, 5) is 71.2. The molecule has 4 aromatic rings. The molecule has 5 heterocycles. The summed E-state index contributed by atoms with van der Waals surface area (Å²) in [7, 11) is 0.0787. The minimum atomic E-state index is -5.01. The number of aliphatic hydroxyl groups excluding tert-OH is 2. The minimum Gasteiger partial charge on any atom is -0.497 e. The largest absolute Gasteiger partial charge is 0.497 e. The van der Waals surface area contributed by atoms with Crippen molar-refractivity contribution in [2.24, 2.45) is 10.8 Å². The van der Waals surface area contributed by atoms with Gasteiger partial charge >= 0.3 is 13.5 Å². The number of amides is 2. The topological polar surface area (TPSA) is 378 Å². The van der Waals surface area contributed by atoms with Crippen LogP contribution < -0.4 is 37.0 Å². The van der Waals surface area contributed by atoms with Gasteiger partial charge in [-0.15, -0.1) is 0 Å².